The molecule has 0 aliphatic carbocycles. The van der Waals surface area contributed by atoms with Gasteiger partial charge in [-0.1, -0.05) is 0 Å². The number of rotatable bonds is 2. The third-order valence-electron chi connectivity index (χ3n) is 2.64. The molecule has 19 heavy (non-hydrogen) atoms. The average Bonchev–Trinajstić information content (AvgIpc) is 2.19. The highest BCUT2D eigenvalue weighted by Crippen LogP contribution is 2.20. The number of aromatic carboxylic acids is 1. The van der Waals surface area contributed by atoms with Crippen LogP contribution in [0.3, 0.4) is 0 Å². The van der Waals surface area contributed by atoms with Gasteiger partial charge in [0.2, 0.25) is 0 Å². The minimum absolute atomic E-state index is 0.200. The highest BCUT2D eigenvalue weighted by atomic mass is 16.4. The van der Waals surface area contributed by atoms with Gasteiger partial charge in [0.15, 0.2) is 0 Å². The Balaban J connectivity index is 2.97. The first kappa shape index (κ1) is 15.0. The van der Waals surface area contributed by atoms with E-state index in [4.69, 9.17) is 5.11 Å². The third kappa shape index (κ3) is 4.28. The summed E-state index contributed by atoms with van der Waals surface area (Å²) in [4.78, 5) is 22.8. The molecule has 0 saturated heterocycles. The maximum Gasteiger partial charge on any atom is 0.336 e. The fourth-order valence-electron chi connectivity index (χ4n) is 1.66. The molecule has 5 heteroatoms. The zero-order valence-corrected chi connectivity index (χ0v) is 11.9. The van der Waals surface area contributed by atoms with Crippen LogP contribution in [0, 0.1) is 13.8 Å². The van der Waals surface area contributed by atoms with Crippen LogP contribution in [0.2, 0.25) is 0 Å². The summed E-state index contributed by atoms with van der Waals surface area (Å²) in [6.07, 6.45) is 0. The summed E-state index contributed by atoms with van der Waals surface area (Å²) < 4.78 is 0. The minimum atomic E-state index is -1.000. The molecule has 0 fully saturated rings. The Labute approximate surface area is 113 Å². The Morgan fingerprint density at radius 3 is 2.21 bits per heavy atom. The van der Waals surface area contributed by atoms with Crippen molar-refractivity contribution >= 4 is 17.7 Å². The summed E-state index contributed by atoms with van der Waals surface area (Å²) in [5.41, 5.74) is 1.85. The van der Waals surface area contributed by atoms with Crippen molar-refractivity contribution in [3.05, 3.63) is 28.8 Å². The van der Waals surface area contributed by atoms with Crippen LogP contribution in [0.4, 0.5) is 10.5 Å². The lowest BCUT2D eigenvalue weighted by atomic mass is 10.0. The molecule has 0 spiro atoms. The quantitative estimate of drug-likeness (QED) is 0.768. The minimum Gasteiger partial charge on any atom is -0.478 e. The molecule has 0 radical (unpaired) electrons. The molecule has 0 aliphatic heterocycles. The van der Waals surface area contributed by atoms with Crippen LogP contribution in [0.1, 0.15) is 42.3 Å². The summed E-state index contributed by atoms with van der Waals surface area (Å²) in [7, 11) is 0. The van der Waals surface area contributed by atoms with E-state index in [9.17, 15) is 9.59 Å². The van der Waals surface area contributed by atoms with E-state index in [1.165, 1.54) is 6.07 Å². The summed E-state index contributed by atoms with van der Waals surface area (Å²) in [6, 6.07) is 2.86. The number of nitrogens with one attached hydrogen (secondary N) is 2. The lowest BCUT2D eigenvalue weighted by Crippen LogP contribution is -2.43. The number of carbonyl (C=O) groups is 2. The van der Waals surface area contributed by atoms with Gasteiger partial charge in [0.1, 0.15) is 0 Å². The fraction of sp³-hybridized carbons (Fsp3) is 0.429. The van der Waals surface area contributed by atoms with Gasteiger partial charge in [0.25, 0.3) is 0 Å². The van der Waals surface area contributed by atoms with Gasteiger partial charge >= 0.3 is 12.0 Å². The Morgan fingerprint density at radius 2 is 1.74 bits per heavy atom. The monoisotopic (exact) mass is 264 g/mol. The van der Waals surface area contributed by atoms with Crippen molar-refractivity contribution in [2.45, 2.75) is 40.2 Å². The molecule has 1 aromatic carbocycles. The predicted octanol–water partition coefficient (Wildman–Crippen LogP) is 2.92. The number of carbonyl (C=O) groups excluding carboxylic acids is 1. The van der Waals surface area contributed by atoms with Crippen molar-refractivity contribution in [2.75, 3.05) is 5.32 Å². The number of hydrogen-bond acceptors (Lipinski definition) is 2. The molecule has 0 saturated carbocycles. The lowest BCUT2D eigenvalue weighted by molar-refractivity contribution is 0.0696. The second-order valence-corrected chi connectivity index (χ2v) is 5.60. The van der Waals surface area contributed by atoms with Crippen LogP contribution >= 0.6 is 0 Å². The van der Waals surface area contributed by atoms with Crippen molar-refractivity contribution in [1.82, 2.24) is 5.32 Å². The molecule has 5 nitrogen and oxygen atoms in total. The molecule has 0 aromatic heterocycles. The van der Waals surface area contributed by atoms with Gasteiger partial charge in [-0.3, -0.25) is 0 Å². The third-order valence-corrected chi connectivity index (χ3v) is 2.64. The SMILES string of the molecule is Cc1cc(NC(=O)NC(C)(C)C)cc(C(=O)O)c1C. The molecule has 3 N–H and O–H groups in total. The highest BCUT2D eigenvalue weighted by molar-refractivity contribution is 5.94. The van der Waals surface area contributed by atoms with E-state index in [1.54, 1.807) is 13.0 Å². The van der Waals surface area contributed by atoms with Gasteiger partial charge < -0.3 is 15.7 Å². The van der Waals surface area contributed by atoms with E-state index >= 15 is 0 Å². The molecular weight excluding hydrogens is 244 g/mol. The number of aryl methyl sites for hydroxylation is 1. The van der Waals surface area contributed by atoms with Gasteiger partial charge in [-0.2, -0.15) is 0 Å². The van der Waals surface area contributed by atoms with E-state index in [2.05, 4.69) is 10.6 Å². The molecule has 1 aromatic rings. The average molecular weight is 264 g/mol. The first-order chi connectivity index (χ1) is 8.60. The van der Waals surface area contributed by atoms with Crippen molar-refractivity contribution in [2.24, 2.45) is 0 Å². The molecule has 2 amide bonds. The number of benzene rings is 1. The van der Waals surface area contributed by atoms with Crippen molar-refractivity contribution < 1.29 is 14.7 Å². The number of carboxylic acids is 1. The van der Waals surface area contributed by atoms with E-state index in [0.717, 1.165) is 5.56 Å². The summed E-state index contributed by atoms with van der Waals surface area (Å²) >= 11 is 0. The second kappa shape index (κ2) is 5.30. The van der Waals surface area contributed by atoms with Crippen LogP contribution in [0.15, 0.2) is 12.1 Å². The Kier molecular flexibility index (Phi) is 4.19. The van der Waals surface area contributed by atoms with Gasteiger partial charge in [-0.25, -0.2) is 9.59 Å². The van der Waals surface area contributed by atoms with Gasteiger partial charge in [0, 0.05) is 11.2 Å². The predicted molar refractivity (Wildman–Crippen MR) is 74.8 cm³/mol. The molecule has 0 atom stereocenters. The smallest absolute Gasteiger partial charge is 0.336 e. The van der Waals surface area contributed by atoms with Crippen molar-refractivity contribution in [3.63, 3.8) is 0 Å². The summed E-state index contributed by atoms with van der Waals surface area (Å²) in [5, 5.41) is 14.5. The maximum absolute atomic E-state index is 11.7. The lowest BCUT2D eigenvalue weighted by Gasteiger charge is -2.21. The summed E-state index contributed by atoms with van der Waals surface area (Å²) in [6.45, 7) is 9.17. The van der Waals surface area contributed by atoms with E-state index in [1.807, 2.05) is 27.7 Å². The standard InChI is InChI=1S/C14H20N2O3/c1-8-6-10(7-11(9(8)2)12(17)18)15-13(19)16-14(3,4)5/h6-7H,1-5H3,(H,17,18)(H2,15,16,19). The van der Waals surface area contributed by atoms with E-state index < -0.39 is 5.97 Å². The van der Waals surface area contributed by atoms with Gasteiger partial charge in [-0.15, -0.1) is 0 Å². The molecular formula is C14H20N2O3. The molecule has 1 rings (SSSR count). The van der Waals surface area contributed by atoms with Gasteiger partial charge in [-0.05, 0) is 57.9 Å². The van der Waals surface area contributed by atoms with Crippen molar-refractivity contribution in [3.8, 4) is 0 Å². The molecule has 104 valence electrons. The Hall–Kier alpha value is -2.04. The van der Waals surface area contributed by atoms with E-state index in [0.29, 0.717) is 11.3 Å². The van der Waals surface area contributed by atoms with Crippen LogP contribution in [-0.2, 0) is 0 Å². The number of hydrogen-bond donors (Lipinski definition) is 3. The van der Waals surface area contributed by atoms with E-state index in [-0.39, 0.29) is 17.1 Å². The van der Waals surface area contributed by atoms with Crippen molar-refractivity contribution in [1.29, 1.82) is 0 Å². The maximum atomic E-state index is 11.7. The molecule has 0 aliphatic rings. The normalized spacial score (nSPS) is 11.0. The van der Waals surface area contributed by atoms with Crippen LogP contribution in [0.5, 0.6) is 0 Å². The number of carboxylic acid groups (broad SMARTS) is 1. The first-order valence-corrected chi connectivity index (χ1v) is 6.04. The first-order valence-electron chi connectivity index (χ1n) is 6.04. The highest BCUT2D eigenvalue weighted by Gasteiger charge is 2.15. The van der Waals surface area contributed by atoms with Gasteiger partial charge in [0.05, 0.1) is 5.56 Å². The largest absolute Gasteiger partial charge is 0.478 e. The Bertz CT molecular complexity index is 516. The topological polar surface area (TPSA) is 78.4 Å². The number of urea groups is 1. The molecule has 0 heterocycles. The Morgan fingerprint density at radius 1 is 1.16 bits per heavy atom. The zero-order chi connectivity index (χ0) is 14.8. The molecule has 0 bridgehead atoms. The zero-order valence-electron chi connectivity index (χ0n) is 11.9. The van der Waals surface area contributed by atoms with Crippen LogP contribution in [0.25, 0.3) is 0 Å². The second-order valence-electron chi connectivity index (χ2n) is 5.60. The summed E-state index contributed by atoms with van der Waals surface area (Å²) in [5.74, 6) is -1.000. The fourth-order valence-corrected chi connectivity index (χ4v) is 1.66. The number of amides is 2. The number of anilines is 1. The van der Waals surface area contributed by atoms with Crippen LogP contribution < -0.4 is 10.6 Å². The molecule has 0 unspecified atom stereocenters. The van der Waals surface area contributed by atoms with Crippen LogP contribution in [-0.4, -0.2) is 22.6 Å².